The van der Waals surface area contributed by atoms with Gasteiger partial charge in [0.15, 0.2) is 5.79 Å². The number of hydrogen-bond acceptors (Lipinski definition) is 4. The third-order valence-corrected chi connectivity index (χ3v) is 4.74. The summed E-state index contributed by atoms with van der Waals surface area (Å²) in [6.45, 7) is 4.78. The summed E-state index contributed by atoms with van der Waals surface area (Å²) in [5.74, 6) is -0.490. The molecule has 0 unspecified atom stereocenters. The van der Waals surface area contributed by atoms with Crippen LogP contribution in [0.25, 0.3) is 0 Å². The Morgan fingerprint density at radius 2 is 1.57 bits per heavy atom. The second kappa shape index (κ2) is 5.06. The van der Waals surface area contributed by atoms with Crippen molar-refractivity contribution < 1.29 is 19.7 Å². The highest BCUT2D eigenvalue weighted by Crippen LogP contribution is 2.46. The van der Waals surface area contributed by atoms with Crippen molar-refractivity contribution in [1.82, 2.24) is 0 Å². The first-order valence-electron chi connectivity index (χ1n) is 7.67. The minimum absolute atomic E-state index is 0.490. The molecule has 1 saturated carbocycles. The molecule has 21 heavy (non-hydrogen) atoms. The van der Waals surface area contributed by atoms with Gasteiger partial charge in [-0.15, -0.1) is 0 Å². The van der Waals surface area contributed by atoms with E-state index in [-0.39, 0.29) is 0 Å². The van der Waals surface area contributed by atoms with Crippen LogP contribution in [0.5, 0.6) is 0 Å². The van der Waals surface area contributed by atoms with Crippen LogP contribution in [-0.2, 0) is 20.7 Å². The first-order valence-corrected chi connectivity index (χ1v) is 7.67. The van der Waals surface area contributed by atoms with E-state index < -0.39 is 17.0 Å². The summed E-state index contributed by atoms with van der Waals surface area (Å²) in [6.07, 6.45) is 2.54. The van der Waals surface area contributed by atoms with Crippen molar-refractivity contribution in [2.24, 2.45) is 0 Å². The fourth-order valence-corrected chi connectivity index (χ4v) is 3.52. The average molecular weight is 292 g/mol. The van der Waals surface area contributed by atoms with Gasteiger partial charge < -0.3 is 19.7 Å². The zero-order chi connectivity index (χ0) is 15.1. The molecule has 4 heteroatoms. The highest BCUT2D eigenvalue weighted by Gasteiger charge is 2.47. The molecule has 2 aliphatic rings. The van der Waals surface area contributed by atoms with Gasteiger partial charge in [0.25, 0.3) is 0 Å². The summed E-state index contributed by atoms with van der Waals surface area (Å²) >= 11 is 0. The van der Waals surface area contributed by atoms with Gasteiger partial charge in [0, 0.05) is 12.8 Å². The molecule has 0 bridgehead atoms. The van der Waals surface area contributed by atoms with Crippen LogP contribution in [0.1, 0.15) is 50.7 Å². The molecule has 2 N–H and O–H groups in total. The zero-order valence-electron chi connectivity index (χ0n) is 12.8. The molecule has 0 amide bonds. The fourth-order valence-electron chi connectivity index (χ4n) is 3.52. The van der Waals surface area contributed by atoms with E-state index in [1.165, 1.54) is 0 Å². The molecule has 116 valence electrons. The van der Waals surface area contributed by atoms with E-state index in [1.807, 2.05) is 24.3 Å². The molecule has 4 nitrogen and oxygen atoms in total. The topological polar surface area (TPSA) is 58.9 Å². The van der Waals surface area contributed by atoms with Crippen molar-refractivity contribution in [1.29, 1.82) is 0 Å². The summed E-state index contributed by atoms with van der Waals surface area (Å²) in [7, 11) is 0. The van der Waals surface area contributed by atoms with Gasteiger partial charge in [-0.2, -0.15) is 0 Å². The van der Waals surface area contributed by atoms with Crippen LogP contribution in [0.4, 0.5) is 0 Å². The Bertz CT molecular complexity index is 502. The van der Waals surface area contributed by atoms with E-state index in [9.17, 15) is 10.2 Å². The molecule has 1 aliphatic carbocycles. The maximum absolute atomic E-state index is 11.1. The monoisotopic (exact) mass is 292 g/mol. The molecule has 1 aliphatic heterocycles. The molecule has 1 aromatic rings. The second-order valence-electron chi connectivity index (χ2n) is 6.74. The molecule has 2 fully saturated rings. The third-order valence-electron chi connectivity index (χ3n) is 4.74. The van der Waals surface area contributed by atoms with Gasteiger partial charge in [-0.3, -0.25) is 0 Å². The summed E-state index contributed by atoms with van der Waals surface area (Å²) in [5.41, 5.74) is -0.277. The number of hydrogen-bond donors (Lipinski definition) is 2. The fraction of sp³-hybridized carbons (Fsp3) is 0.647. The lowest BCUT2D eigenvalue weighted by atomic mass is 9.73. The minimum atomic E-state index is -0.970. The van der Waals surface area contributed by atoms with Gasteiger partial charge in [0.1, 0.15) is 0 Å². The van der Waals surface area contributed by atoms with Gasteiger partial charge in [-0.05, 0) is 37.8 Å². The van der Waals surface area contributed by atoms with Crippen LogP contribution in [0.2, 0.25) is 0 Å². The summed E-state index contributed by atoms with van der Waals surface area (Å²) in [5, 5.41) is 21.5. The molecule has 0 aromatic heterocycles. The largest absolute Gasteiger partial charge is 0.386 e. The second-order valence-corrected chi connectivity index (χ2v) is 6.74. The lowest BCUT2D eigenvalue weighted by Crippen LogP contribution is -2.43. The Morgan fingerprint density at radius 3 is 2.14 bits per heavy atom. The normalized spacial score (nSPS) is 24.4. The third kappa shape index (κ3) is 2.73. The van der Waals surface area contributed by atoms with Crippen LogP contribution in [0.3, 0.4) is 0 Å². The predicted molar refractivity (Wildman–Crippen MR) is 78.7 cm³/mol. The van der Waals surface area contributed by atoms with Gasteiger partial charge in [0.2, 0.25) is 0 Å². The lowest BCUT2D eigenvalue weighted by molar-refractivity contribution is -0.204. The molecule has 1 aromatic carbocycles. The Labute approximate surface area is 125 Å². The van der Waals surface area contributed by atoms with E-state index in [1.54, 1.807) is 13.8 Å². The van der Waals surface area contributed by atoms with Crippen molar-refractivity contribution in [2.45, 2.75) is 56.5 Å². The number of aliphatic hydroxyl groups is 2. The van der Waals surface area contributed by atoms with Gasteiger partial charge in [-0.1, -0.05) is 24.3 Å². The summed E-state index contributed by atoms with van der Waals surface area (Å²) < 4.78 is 11.5. The molecule has 1 saturated heterocycles. The van der Waals surface area contributed by atoms with E-state index in [0.29, 0.717) is 38.9 Å². The Hall–Kier alpha value is -0.940. The van der Waals surface area contributed by atoms with Gasteiger partial charge >= 0.3 is 0 Å². The molecule has 1 heterocycles. The average Bonchev–Trinajstić information content (AvgIpc) is 2.91. The zero-order valence-corrected chi connectivity index (χ0v) is 12.8. The van der Waals surface area contributed by atoms with Crippen molar-refractivity contribution in [2.75, 3.05) is 13.2 Å². The summed E-state index contributed by atoms with van der Waals surface area (Å²) in [6, 6.07) is 7.62. The van der Waals surface area contributed by atoms with E-state index in [2.05, 4.69) is 0 Å². The quantitative estimate of drug-likeness (QED) is 0.879. The molecule has 0 radical (unpaired) electrons. The Kier molecular flexibility index (Phi) is 3.61. The van der Waals surface area contributed by atoms with Gasteiger partial charge in [-0.25, -0.2) is 0 Å². The Balaban J connectivity index is 1.87. The van der Waals surface area contributed by atoms with Crippen LogP contribution >= 0.6 is 0 Å². The highest BCUT2D eigenvalue weighted by atomic mass is 16.7. The van der Waals surface area contributed by atoms with Crippen LogP contribution in [-0.4, -0.2) is 29.2 Å². The molecular weight excluding hydrogens is 268 g/mol. The molecular formula is C17H24O4. The van der Waals surface area contributed by atoms with Crippen LogP contribution in [0, 0.1) is 0 Å². The van der Waals surface area contributed by atoms with Crippen molar-refractivity contribution in [3.8, 4) is 0 Å². The number of rotatable bonds is 2. The van der Waals surface area contributed by atoms with E-state index in [4.69, 9.17) is 9.47 Å². The number of benzene rings is 1. The maximum atomic E-state index is 11.1. The smallest absolute Gasteiger partial charge is 0.168 e. The van der Waals surface area contributed by atoms with E-state index in [0.717, 1.165) is 11.1 Å². The van der Waals surface area contributed by atoms with Gasteiger partial charge in [0.05, 0.1) is 24.4 Å². The first kappa shape index (κ1) is 15.0. The van der Waals surface area contributed by atoms with Crippen LogP contribution < -0.4 is 0 Å². The lowest BCUT2D eigenvalue weighted by Gasteiger charge is -2.42. The van der Waals surface area contributed by atoms with E-state index >= 15 is 0 Å². The minimum Gasteiger partial charge on any atom is -0.386 e. The molecule has 1 spiro atoms. The Morgan fingerprint density at radius 1 is 1.00 bits per heavy atom. The highest BCUT2D eigenvalue weighted by molar-refractivity contribution is 5.36. The maximum Gasteiger partial charge on any atom is 0.168 e. The standard InChI is InChI=1S/C17H24O4/c1-15(2,18)13-5-3-4-6-14(13)16(19)7-9-17(10-8-16)20-11-12-21-17/h3-6,18-19H,7-12H2,1-2H3. The molecule has 3 rings (SSSR count). The molecule has 0 atom stereocenters. The van der Waals surface area contributed by atoms with Crippen molar-refractivity contribution in [3.63, 3.8) is 0 Å². The summed E-state index contributed by atoms with van der Waals surface area (Å²) in [4.78, 5) is 0. The predicted octanol–water partition coefficient (Wildman–Crippen LogP) is 2.42. The first-order chi connectivity index (χ1) is 9.85. The number of ether oxygens (including phenoxy) is 2. The SMILES string of the molecule is CC(C)(O)c1ccccc1C1(O)CCC2(CC1)OCCO2. The van der Waals surface area contributed by atoms with Crippen LogP contribution in [0.15, 0.2) is 24.3 Å². The van der Waals surface area contributed by atoms with Crippen molar-refractivity contribution in [3.05, 3.63) is 35.4 Å². The van der Waals surface area contributed by atoms with Crippen molar-refractivity contribution >= 4 is 0 Å².